The summed E-state index contributed by atoms with van der Waals surface area (Å²) in [7, 11) is 1.95. The summed E-state index contributed by atoms with van der Waals surface area (Å²) in [5, 5.41) is 5.09. The highest BCUT2D eigenvalue weighted by Crippen LogP contribution is 2.38. The van der Waals surface area contributed by atoms with Crippen LogP contribution in [0.5, 0.6) is 0 Å². The minimum Gasteiger partial charge on any atom is -0.397 e. The van der Waals surface area contributed by atoms with E-state index in [4.69, 9.17) is 11.5 Å². The van der Waals surface area contributed by atoms with Crippen molar-refractivity contribution in [2.45, 2.75) is 6.42 Å². The Bertz CT molecular complexity index is 1280. The van der Waals surface area contributed by atoms with Crippen LogP contribution in [0.1, 0.15) is 16.1 Å². The number of primary amides is 1. The Morgan fingerprint density at radius 2 is 1.75 bits per heavy atom. The Hall–Kier alpha value is -3.59. The van der Waals surface area contributed by atoms with Gasteiger partial charge in [0.15, 0.2) is 0 Å². The molecule has 0 spiro atoms. The summed E-state index contributed by atoms with van der Waals surface area (Å²) in [5.41, 5.74) is 16.7. The Balaban J connectivity index is 1.37. The number of pyridine rings is 1. The van der Waals surface area contributed by atoms with Crippen LogP contribution in [0.25, 0.3) is 21.5 Å². The van der Waals surface area contributed by atoms with E-state index in [1.165, 1.54) is 17.0 Å². The van der Waals surface area contributed by atoms with Crippen LogP contribution in [0.15, 0.2) is 48.8 Å². The van der Waals surface area contributed by atoms with Gasteiger partial charge in [0.2, 0.25) is 0 Å². The smallest absolute Gasteiger partial charge is 0.260 e. The zero-order valence-corrected chi connectivity index (χ0v) is 18.7. The molecule has 4 heterocycles. The molecule has 8 nitrogen and oxygen atoms in total. The first-order valence-corrected chi connectivity index (χ1v) is 11.4. The van der Waals surface area contributed by atoms with Crippen LogP contribution in [0.2, 0.25) is 0 Å². The summed E-state index contributed by atoms with van der Waals surface area (Å²) in [6.07, 6.45) is 4.60. The lowest BCUT2D eigenvalue weighted by Gasteiger charge is -2.25. The third kappa shape index (κ3) is 3.54. The van der Waals surface area contributed by atoms with Crippen molar-refractivity contribution in [3.63, 3.8) is 0 Å². The predicted octanol–water partition coefficient (Wildman–Crippen LogP) is 3.09. The Morgan fingerprint density at radius 3 is 2.47 bits per heavy atom. The molecule has 0 unspecified atom stereocenters. The molecule has 5 rings (SSSR count). The van der Waals surface area contributed by atoms with Gasteiger partial charge in [-0.1, -0.05) is 12.1 Å². The first-order chi connectivity index (χ1) is 15.5. The number of nitrogen functional groups attached to an aromatic ring is 1. The molecule has 0 radical (unpaired) electrons. The largest absolute Gasteiger partial charge is 0.397 e. The van der Waals surface area contributed by atoms with Crippen molar-refractivity contribution < 1.29 is 4.79 Å². The van der Waals surface area contributed by atoms with Gasteiger partial charge in [-0.2, -0.15) is 5.10 Å². The number of hydrogen-bond donors (Lipinski definition) is 2. The summed E-state index contributed by atoms with van der Waals surface area (Å²) in [4.78, 5) is 22.0. The number of hydrogen-bond acceptors (Lipinski definition) is 7. The molecule has 1 fully saturated rings. The van der Waals surface area contributed by atoms with Gasteiger partial charge in [0, 0.05) is 51.3 Å². The maximum absolute atomic E-state index is 11.8. The van der Waals surface area contributed by atoms with Crippen LogP contribution in [-0.4, -0.2) is 46.9 Å². The van der Waals surface area contributed by atoms with Gasteiger partial charge in [-0.05, 0) is 36.2 Å². The van der Waals surface area contributed by atoms with E-state index in [2.05, 4.69) is 44.1 Å². The van der Waals surface area contributed by atoms with Crippen LogP contribution in [0, 0.1) is 0 Å². The van der Waals surface area contributed by atoms with Crippen molar-refractivity contribution in [3.8, 4) is 11.3 Å². The Labute approximate surface area is 190 Å². The van der Waals surface area contributed by atoms with E-state index < -0.39 is 5.91 Å². The molecule has 1 aliphatic rings. The maximum atomic E-state index is 11.8. The zero-order chi connectivity index (χ0) is 22.2. The number of aromatic nitrogens is 3. The average molecular weight is 448 g/mol. The lowest BCUT2D eigenvalue weighted by atomic mass is 10.1. The number of benzene rings is 1. The molecule has 0 saturated carbocycles. The average Bonchev–Trinajstić information content (AvgIpc) is 3.28. The van der Waals surface area contributed by atoms with Crippen LogP contribution in [-0.2, 0) is 7.05 Å². The highest BCUT2D eigenvalue weighted by Gasteiger charge is 2.22. The third-order valence-corrected chi connectivity index (χ3v) is 7.14. The quantitative estimate of drug-likeness (QED) is 0.498. The monoisotopic (exact) mass is 447 g/mol. The molecule has 4 N–H and O–H groups in total. The number of carbonyl (C=O) groups is 1. The molecule has 0 aliphatic carbocycles. The van der Waals surface area contributed by atoms with Gasteiger partial charge in [0.25, 0.3) is 5.91 Å². The van der Waals surface area contributed by atoms with Gasteiger partial charge in [-0.25, -0.2) is 4.98 Å². The molecule has 3 aromatic heterocycles. The highest BCUT2D eigenvalue weighted by atomic mass is 32.1. The molecule has 1 amide bonds. The lowest BCUT2D eigenvalue weighted by molar-refractivity contribution is 0.100. The maximum Gasteiger partial charge on any atom is 0.260 e. The van der Waals surface area contributed by atoms with Gasteiger partial charge in [-0.3, -0.25) is 9.48 Å². The minimum atomic E-state index is -0.506. The topological polar surface area (TPSA) is 106 Å². The molecule has 32 heavy (non-hydrogen) atoms. The second-order valence-electron chi connectivity index (χ2n) is 7.93. The van der Waals surface area contributed by atoms with Crippen LogP contribution in [0.3, 0.4) is 0 Å². The van der Waals surface area contributed by atoms with Crippen molar-refractivity contribution in [1.82, 2.24) is 14.8 Å². The Kier molecular flexibility index (Phi) is 5.18. The van der Waals surface area contributed by atoms with Gasteiger partial charge in [0.1, 0.15) is 9.71 Å². The number of fused-ring (bicyclic) bond motifs is 1. The fourth-order valence-electron chi connectivity index (χ4n) is 4.39. The van der Waals surface area contributed by atoms with Crippen molar-refractivity contribution in [2.24, 2.45) is 12.8 Å². The van der Waals surface area contributed by atoms with Gasteiger partial charge in [-0.15, -0.1) is 11.3 Å². The summed E-state index contributed by atoms with van der Waals surface area (Å²) < 4.78 is 1.88. The highest BCUT2D eigenvalue weighted by molar-refractivity contribution is 7.21. The lowest BCUT2D eigenvalue weighted by Crippen LogP contribution is -2.30. The normalized spacial score (nSPS) is 14.7. The van der Waals surface area contributed by atoms with Crippen molar-refractivity contribution >= 4 is 44.5 Å². The van der Waals surface area contributed by atoms with E-state index in [-0.39, 0.29) is 0 Å². The van der Waals surface area contributed by atoms with E-state index in [1.807, 2.05) is 30.1 Å². The first kappa shape index (κ1) is 20.3. The second-order valence-corrected chi connectivity index (χ2v) is 8.93. The number of amides is 1. The fourth-order valence-corrected chi connectivity index (χ4v) is 5.33. The van der Waals surface area contributed by atoms with E-state index in [0.717, 1.165) is 59.8 Å². The summed E-state index contributed by atoms with van der Waals surface area (Å²) in [6.45, 7) is 3.62. The number of nitrogens with zero attached hydrogens (tertiary/aromatic N) is 5. The summed E-state index contributed by atoms with van der Waals surface area (Å²) in [6, 6.07) is 12.7. The van der Waals surface area contributed by atoms with Crippen molar-refractivity contribution in [3.05, 3.63) is 53.7 Å². The van der Waals surface area contributed by atoms with Gasteiger partial charge in [0.05, 0.1) is 22.5 Å². The van der Waals surface area contributed by atoms with E-state index in [1.54, 1.807) is 6.20 Å². The van der Waals surface area contributed by atoms with E-state index in [0.29, 0.717) is 10.6 Å². The molecule has 1 aliphatic heterocycles. The number of nitrogens with two attached hydrogens (primary N) is 2. The second kappa shape index (κ2) is 8.16. The number of carbonyl (C=O) groups excluding carboxylic acids is 1. The van der Waals surface area contributed by atoms with Crippen LogP contribution < -0.4 is 21.3 Å². The third-order valence-electron chi connectivity index (χ3n) is 6.02. The molecule has 9 heteroatoms. The number of rotatable bonds is 4. The molecule has 164 valence electrons. The van der Waals surface area contributed by atoms with E-state index in [9.17, 15) is 4.79 Å². The molecule has 1 aromatic carbocycles. The fraction of sp³-hybridized carbons (Fsp3) is 0.261. The Morgan fingerprint density at radius 1 is 1.00 bits per heavy atom. The first-order valence-electron chi connectivity index (χ1n) is 10.6. The molecular weight excluding hydrogens is 422 g/mol. The zero-order valence-electron chi connectivity index (χ0n) is 17.9. The van der Waals surface area contributed by atoms with Gasteiger partial charge >= 0.3 is 0 Å². The molecule has 0 bridgehead atoms. The van der Waals surface area contributed by atoms with Crippen molar-refractivity contribution in [2.75, 3.05) is 41.7 Å². The molecule has 1 saturated heterocycles. The van der Waals surface area contributed by atoms with Gasteiger partial charge < -0.3 is 21.3 Å². The molecular formula is C23H25N7OS. The number of thiophene rings is 1. The van der Waals surface area contributed by atoms with Crippen molar-refractivity contribution in [1.29, 1.82) is 0 Å². The SMILES string of the molecule is Cn1nccc1-c1ccc(N2CCCN(c3ccnc4sc(C(N)=O)c(N)c34)CC2)cc1. The number of anilines is 3. The molecule has 4 aromatic rings. The summed E-state index contributed by atoms with van der Waals surface area (Å²) in [5.74, 6) is -0.506. The molecule has 0 atom stereocenters. The van der Waals surface area contributed by atoms with Crippen LogP contribution >= 0.6 is 11.3 Å². The number of aryl methyl sites for hydroxylation is 1. The van der Waals surface area contributed by atoms with Crippen LogP contribution in [0.4, 0.5) is 17.1 Å². The minimum absolute atomic E-state index is 0.380. The summed E-state index contributed by atoms with van der Waals surface area (Å²) >= 11 is 1.26. The predicted molar refractivity (Wildman–Crippen MR) is 130 cm³/mol. The van der Waals surface area contributed by atoms with E-state index >= 15 is 0 Å². The standard InChI is InChI=1S/C23H25N7OS/c1-28-17(8-10-27-28)15-3-5-16(6-4-15)29-11-2-12-30(14-13-29)18-7-9-26-23-19(18)20(24)21(32-23)22(25)31/h3-10H,2,11-14,24H2,1H3,(H2,25,31).